The fraction of sp³-hybridized carbons (Fsp3) is 0.250. The van der Waals surface area contributed by atoms with Gasteiger partial charge in [-0.05, 0) is 59.5 Å². The summed E-state index contributed by atoms with van der Waals surface area (Å²) in [4.78, 5) is 0. The Balaban J connectivity index is 1.75. The summed E-state index contributed by atoms with van der Waals surface area (Å²) in [6.07, 6.45) is 0.519. The van der Waals surface area contributed by atoms with Gasteiger partial charge in [-0.3, -0.25) is 4.72 Å². The third-order valence-corrected chi connectivity index (χ3v) is 5.60. The van der Waals surface area contributed by atoms with Crippen molar-refractivity contribution in [3.8, 4) is 5.75 Å². The lowest BCUT2D eigenvalue weighted by Crippen LogP contribution is -2.28. The average molecular weight is 495 g/mol. The van der Waals surface area contributed by atoms with Gasteiger partial charge in [-0.1, -0.05) is 36.4 Å². The van der Waals surface area contributed by atoms with Crippen LogP contribution in [0.1, 0.15) is 28.8 Å². The van der Waals surface area contributed by atoms with E-state index in [1.165, 1.54) is 24.3 Å². The maximum absolute atomic E-state index is 13.3. The molecule has 0 unspecified atom stereocenters. The van der Waals surface area contributed by atoms with Gasteiger partial charge in [0.2, 0.25) is 10.0 Å². The molecule has 0 aliphatic carbocycles. The molecule has 0 radical (unpaired) electrons. The SMILES string of the molecule is CS(=O)(=O)Nc1cccc([C@@H](O)CN[C@H](Cc2ccc(F)cc2)c2ccc(OC(F)F)cc2)c1. The Morgan fingerprint density at radius 1 is 0.971 bits per heavy atom. The Morgan fingerprint density at radius 3 is 2.26 bits per heavy atom. The molecule has 0 aromatic heterocycles. The molecule has 34 heavy (non-hydrogen) atoms. The number of alkyl halides is 2. The summed E-state index contributed by atoms with van der Waals surface area (Å²) in [6, 6.07) is 18.2. The zero-order chi connectivity index (χ0) is 24.7. The van der Waals surface area contributed by atoms with Crippen LogP contribution in [0.4, 0.5) is 18.9 Å². The molecule has 3 N–H and O–H groups in total. The Hall–Kier alpha value is -3.08. The van der Waals surface area contributed by atoms with Crippen LogP contribution in [0.2, 0.25) is 0 Å². The number of ether oxygens (including phenoxy) is 1. The van der Waals surface area contributed by atoms with E-state index in [2.05, 4.69) is 14.8 Å². The Bertz CT molecular complexity index is 1170. The predicted octanol–water partition coefficient (Wildman–Crippen LogP) is 4.41. The van der Waals surface area contributed by atoms with Gasteiger partial charge in [-0.25, -0.2) is 12.8 Å². The summed E-state index contributed by atoms with van der Waals surface area (Å²) in [7, 11) is -3.46. The number of aliphatic hydroxyl groups is 1. The Labute approximate surface area is 196 Å². The molecule has 2 atom stereocenters. The summed E-state index contributed by atoms with van der Waals surface area (Å²) in [5.41, 5.74) is 2.42. The van der Waals surface area contributed by atoms with Gasteiger partial charge in [0.1, 0.15) is 11.6 Å². The third kappa shape index (κ3) is 8.05. The van der Waals surface area contributed by atoms with E-state index in [1.54, 1.807) is 48.5 Å². The minimum atomic E-state index is -3.46. The van der Waals surface area contributed by atoms with Crippen molar-refractivity contribution in [3.63, 3.8) is 0 Å². The van der Waals surface area contributed by atoms with Gasteiger partial charge >= 0.3 is 6.61 Å². The normalized spacial score (nSPS) is 13.5. The number of nitrogens with one attached hydrogen (secondary N) is 2. The van der Waals surface area contributed by atoms with Crippen LogP contribution in [0.25, 0.3) is 0 Å². The number of anilines is 1. The maximum atomic E-state index is 13.3. The third-order valence-electron chi connectivity index (χ3n) is 4.99. The number of benzene rings is 3. The number of sulfonamides is 1. The number of rotatable bonds is 11. The fourth-order valence-corrected chi connectivity index (χ4v) is 4.00. The fourth-order valence-electron chi connectivity index (χ4n) is 3.44. The predicted molar refractivity (Wildman–Crippen MR) is 124 cm³/mol. The maximum Gasteiger partial charge on any atom is 0.387 e. The van der Waals surface area contributed by atoms with Gasteiger partial charge < -0.3 is 15.2 Å². The molecule has 0 fully saturated rings. The Kier molecular flexibility index (Phi) is 8.54. The molecule has 0 spiro atoms. The zero-order valence-electron chi connectivity index (χ0n) is 18.3. The standard InChI is InChI=1S/C24H25F3N2O4S/c1-34(31,32)29-20-4-2-3-18(14-20)23(30)15-28-22(13-16-5-9-19(25)10-6-16)17-7-11-21(12-8-17)33-24(26)27/h2-12,14,22-24,28-30H,13,15H2,1H3/t22-,23+/m1/s1. The van der Waals surface area contributed by atoms with Gasteiger partial charge in [-0.15, -0.1) is 0 Å². The lowest BCUT2D eigenvalue weighted by molar-refractivity contribution is -0.0498. The lowest BCUT2D eigenvalue weighted by atomic mass is 9.98. The van der Waals surface area contributed by atoms with Gasteiger partial charge in [0.15, 0.2) is 0 Å². The molecule has 0 aliphatic rings. The second-order valence-corrected chi connectivity index (χ2v) is 9.50. The summed E-state index contributed by atoms with van der Waals surface area (Å²) in [5, 5.41) is 13.9. The highest BCUT2D eigenvalue weighted by Gasteiger charge is 2.17. The van der Waals surface area contributed by atoms with E-state index < -0.39 is 22.7 Å². The van der Waals surface area contributed by atoms with Crippen molar-refractivity contribution in [1.82, 2.24) is 5.32 Å². The van der Waals surface area contributed by atoms with Crippen molar-refractivity contribution in [1.29, 1.82) is 0 Å². The van der Waals surface area contributed by atoms with E-state index in [4.69, 9.17) is 0 Å². The first-order valence-electron chi connectivity index (χ1n) is 10.4. The largest absolute Gasteiger partial charge is 0.435 e. The van der Waals surface area contributed by atoms with Crippen molar-refractivity contribution in [3.05, 3.63) is 95.3 Å². The highest BCUT2D eigenvalue weighted by molar-refractivity contribution is 7.92. The van der Waals surface area contributed by atoms with Crippen molar-refractivity contribution in [2.24, 2.45) is 0 Å². The number of halogens is 3. The first-order chi connectivity index (χ1) is 16.1. The van der Waals surface area contributed by atoms with E-state index in [-0.39, 0.29) is 24.2 Å². The van der Waals surface area contributed by atoms with Gasteiger partial charge in [0.25, 0.3) is 0 Å². The summed E-state index contributed by atoms with van der Waals surface area (Å²) in [6.45, 7) is -2.81. The molecular weight excluding hydrogens is 469 g/mol. The highest BCUT2D eigenvalue weighted by Crippen LogP contribution is 2.24. The molecule has 3 rings (SSSR count). The molecule has 0 saturated heterocycles. The molecule has 3 aromatic rings. The smallest absolute Gasteiger partial charge is 0.387 e. The van der Waals surface area contributed by atoms with Crippen molar-refractivity contribution < 1.29 is 31.4 Å². The van der Waals surface area contributed by atoms with Crippen LogP contribution in [0.3, 0.4) is 0 Å². The molecule has 10 heteroatoms. The molecule has 0 heterocycles. The molecule has 0 amide bonds. The molecule has 3 aromatic carbocycles. The number of hydrogen-bond acceptors (Lipinski definition) is 5. The van der Waals surface area contributed by atoms with E-state index >= 15 is 0 Å². The molecule has 0 saturated carbocycles. The van der Waals surface area contributed by atoms with Crippen molar-refractivity contribution >= 4 is 15.7 Å². The molecular formula is C24H25F3N2O4S. The number of hydrogen-bond donors (Lipinski definition) is 3. The molecule has 182 valence electrons. The minimum Gasteiger partial charge on any atom is -0.435 e. The monoisotopic (exact) mass is 494 g/mol. The first kappa shape index (κ1) is 25.5. The van der Waals surface area contributed by atoms with Crippen molar-refractivity contribution in [2.75, 3.05) is 17.5 Å². The summed E-state index contributed by atoms with van der Waals surface area (Å²) >= 11 is 0. The van der Waals surface area contributed by atoms with Crippen LogP contribution in [-0.2, 0) is 16.4 Å². The van der Waals surface area contributed by atoms with E-state index in [9.17, 15) is 26.7 Å². The second kappa shape index (κ2) is 11.4. The Morgan fingerprint density at radius 2 is 1.65 bits per heavy atom. The average Bonchev–Trinajstić information content (AvgIpc) is 2.77. The van der Waals surface area contributed by atoms with Crippen LogP contribution in [0, 0.1) is 5.82 Å². The van der Waals surface area contributed by atoms with Crippen LogP contribution in [-0.4, -0.2) is 32.9 Å². The van der Waals surface area contributed by atoms with Gasteiger partial charge in [0, 0.05) is 18.3 Å². The van der Waals surface area contributed by atoms with Gasteiger partial charge in [0.05, 0.1) is 12.4 Å². The van der Waals surface area contributed by atoms with Crippen LogP contribution in [0.5, 0.6) is 5.75 Å². The van der Waals surface area contributed by atoms with Crippen LogP contribution < -0.4 is 14.8 Å². The van der Waals surface area contributed by atoms with Crippen LogP contribution in [0.15, 0.2) is 72.8 Å². The quantitative estimate of drug-likeness (QED) is 0.368. The highest BCUT2D eigenvalue weighted by atomic mass is 32.2. The topological polar surface area (TPSA) is 87.7 Å². The lowest BCUT2D eigenvalue weighted by Gasteiger charge is -2.22. The molecule has 0 bridgehead atoms. The number of aliphatic hydroxyl groups excluding tert-OH is 1. The second-order valence-electron chi connectivity index (χ2n) is 7.75. The van der Waals surface area contributed by atoms with E-state index in [1.807, 2.05) is 0 Å². The van der Waals surface area contributed by atoms with Crippen molar-refractivity contribution in [2.45, 2.75) is 25.2 Å². The van der Waals surface area contributed by atoms with Crippen LogP contribution >= 0.6 is 0 Å². The molecule has 6 nitrogen and oxygen atoms in total. The first-order valence-corrected chi connectivity index (χ1v) is 12.3. The molecule has 0 aliphatic heterocycles. The van der Waals surface area contributed by atoms with E-state index in [0.29, 0.717) is 17.7 Å². The summed E-state index contributed by atoms with van der Waals surface area (Å²) < 4.78 is 67.9. The van der Waals surface area contributed by atoms with E-state index in [0.717, 1.165) is 17.4 Å². The van der Waals surface area contributed by atoms with Gasteiger partial charge in [-0.2, -0.15) is 8.78 Å². The summed E-state index contributed by atoms with van der Waals surface area (Å²) in [5.74, 6) is -0.339. The minimum absolute atomic E-state index is 0.0227. The zero-order valence-corrected chi connectivity index (χ0v) is 19.1.